The summed E-state index contributed by atoms with van der Waals surface area (Å²) >= 11 is 0. The van der Waals surface area contributed by atoms with Gasteiger partial charge in [0.25, 0.3) is 0 Å². The number of nitrogens with one attached hydrogen (secondary N) is 1. The minimum Gasteiger partial charge on any atom is -0.339 e. The van der Waals surface area contributed by atoms with Gasteiger partial charge in [-0.25, -0.2) is 8.78 Å². The van der Waals surface area contributed by atoms with Crippen LogP contribution in [0.15, 0.2) is 4.52 Å². The first kappa shape index (κ1) is 16.6. The summed E-state index contributed by atoms with van der Waals surface area (Å²) in [4.78, 5) is 4.48. The highest BCUT2D eigenvalue weighted by molar-refractivity contribution is 5.85. The summed E-state index contributed by atoms with van der Waals surface area (Å²) in [6, 6.07) is 0. The largest absolute Gasteiger partial charge is 0.339 e. The zero-order valence-electron chi connectivity index (χ0n) is 12.4. The summed E-state index contributed by atoms with van der Waals surface area (Å²) in [5, 5.41) is 7.30. The van der Waals surface area contributed by atoms with Gasteiger partial charge in [-0.2, -0.15) is 4.98 Å². The molecule has 2 aliphatic rings. The lowest BCUT2D eigenvalue weighted by Gasteiger charge is -2.37. The smallest absolute Gasteiger partial charge is 0.249 e. The number of rotatable bonds is 3. The highest BCUT2D eigenvalue weighted by Gasteiger charge is 2.49. The monoisotopic (exact) mass is 321 g/mol. The summed E-state index contributed by atoms with van der Waals surface area (Å²) in [7, 11) is 0. The molecule has 1 saturated carbocycles. The summed E-state index contributed by atoms with van der Waals surface area (Å²) in [5.41, 5.74) is -0.108. The Bertz CT molecular complexity index is 478. The Kier molecular flexibility index (Phi) is 4.59. The maximum absolute atomic E-state index is 12.9. The zero-order valence-corrected chi connectivity index (χ0v) is 13.2. The molecule has 1 N–H and O–H groups in total. The van der Waals surface area contributed by atoms with Gasteiger partial charge in [0.05, 0.1) is 5.41 Å². The van der Waals surface area contributed by atoms with Crippen molar-refractivity contribution in [2.24, 2.45) is 5.92 Å². The van der Waals surface area contributed by atoms with Crippen LogP contribution in [0.4, 0.5) is 8.78 Å². The fourth-order valence-corrected chi connectivity index (χ4v) is 3.36. The van der Waals surface area contributed by atoms with Gasteiger partial charge in [-0.05, 0) is 31.8 Å². The van der Waals surface area contributed by atoms with Crippen LogP contribution >= 0.6 is 12.4 Å². The van der Waals surface area contributed by atoms with Gasteiger partial charge in [0.15, 0.2) is 5.82 Å². The molecule has 120 valence electrons. The predicted molar refractivity (Wildman–Crippen MR) is 77.1 cm³/mol. The predicted octanol–water partition coefficient (Wildman–Crippen LogP) is 3.28. The first-order chi connectivity index (χ1) is 9.43. The summed E-state index contributed by atoms with van der Waals surface area (Å²) in [6.45, 7) is 6.17. The topological polar surface area (TPSA) is 51.0 Å². The van der Waals surface area contributed by atoms with Crippen molar-refractivity contribution in [3.8, 4) is 0 Å². The van der Waals surface area contributed by atoms with Crippen LogP contribution in [0.3, 0.4) is 0 Å². The number of hydrogen-bond acceptors (Lipinski definition) is 4. The first-order valence-corrected chi connectivity index (χ1v) is 7.36. The SMILES string of the molecule is CC(C)C1(c2nc(C3CC(F)(F)C3)no2)CCNCC1.Cl. The fourth-order valence-electron chi connectivity index (χ4n) is 3.36. The van der Waals surface area contributed by atoms with E-state index < -0.39 is 5.92 Å². The molecule has 1 aliphatic carbocycles. The Morgan fingerprint density at radius 2 is 1.86 bits per heavy atom. The second-order valence-electron chi connectivity index (χ2n) is 6.48. The summed E-state index contributed by atoms with van der Waals surface area (Å²) in [6.07, 6.45) is 1.60. The Morgan fingerprint density at radius 3 is 2.38 bits per heavy atom. The van der Waals surface area contributed by atoms with Crippen LogP contribution in [0.2, 0.25) is 0 Å². The molecule has 4 nitrogen and oxygen atoms in total. The molecule has 1 aromatic rings. The van der Waals surface area contributed by atoms with E-state index in [1.807, 2.05) is 0 Å². The molecule has 1 aromatic heterocycles. The van der Waals surface area contributed by atoms with Crippen molar-refractivity contribution in [1.29, 1.82) is 0 Å². The van der Waals surface area contributed by atoms with Crippen LogP contribution in [0, 0.1) is 5.92 Å². The average Bonchev–Trinajstić information content (AvgIpc) is 2.86. The molecule has 2 heterocycles. The number of piperidine rings is 1. The van der Waals surface area contributed by atoms with Crippen LogP contribution in [-0.4, -0.2) is 29.2 Å². The van der Waals surface area contributed by atoms with Gasteiger partial charge >= 0.3 is 0 Å². The van der Waals surface area contributed by atoms with Crippen molar-refractivity contribution in [2.75, 3.05) is 13.1 Å². The van der Waals surface area contributed by atoms with E-state index in [-0.39, 0.29) is 36.6 Å². The average molecular weight is 322 g/mol. The maximum atomic E-state index is 12.9. The van der Waals surface area contributed by atoms with Gasteiger partial charge in [0.1, 0.15) is 0 Å². The van der Waals surface area contributed by atoms with Crippen molar-refractivity contribution < 1.29 is 13.3 Å². The van der Waals surface area contributed by atoms with Crippen molar-refractivity contribution >= 4 is 12.4 Å². The minimum atomic E-state index is -2.55. The summed E-state index contributed by atoms with van der Waals surface area (Å²) < 4.78 is 31.3. The quantitative estimate of drug-likeness (QED) is 0.928. The fraction of sp³-hybridized carbons (Fsp3) is 0.857. The number of alkyl halides is 2. The molecular formula is C14H22ClF2N3O. The second kappa shape index (κ2) is 5.80. The highest BCUT2D eigenvalue weighted by atomic mass is 35.5. The van der Waals surface area contributed by atoms with Crippen LogP contribution in [0.5, 0.6) is 0 Å². The molecular weight excluding hydrogens is 300 g/mol. The standard InChI is InChI=1S/C14H21F2N3O.ClH/c1-9(2)13(3-5-17-6-4-13)12-18-11(19-20-12)10-7-14(15,16)8-10;/h9-10,17H,3-8H2,1-2H3;1H. The van der Waals surface area contributed by atoms with Crippen molar-refractivity contribution in [1.82, 2.24) is 15.5 Å². The van der Waals surface area contributed by atoms with Crippen LogP contribution in [0.1, 0.15) is 57.2 Å². The third kappa shape index (κ3) is 2.93. The van der Waals surface area contributed by atoms with E-state index in [1.54, 1.807) is 0 Å². The van der Waals surface area contributed by atoms with E-state index >= 15 is 0 Å². The molecule has 0 atom stereocenters. The molecule has 21 heavy (non-hydrogen) atoms. The first-order valence-electron chi connectivity index (χ1n) is 7.36. The van der Waals surface area contributed by atoms with Crippen molar-refractivity contribution in [2.45, 2.75) is 56.8 Å². The molecule has 0 spiro atoms. The van der Waals surface area contributed by atoms with Gasteiger partial charge in [0.2, 0.25) is 11.8 Å². The molecule has 1 saturated heterocycles. The van der Waals surface area contributed by atoms with Gasteiger partial charge in [-0.1, -0.05) is 19.0 Å². The lowest BCUT2D eigenvalue weighted by molar-refractivity contribution is -0.0888. The van der Waals surface area contributed by atoms with E-state index in [1.165, 1.54) is 0 Å². The number of hydrogen-bond donors (Lipinski definition) is 1. The molecule has 3 rings (SSSR count). The molecule has 7 heteroatoms. The maximum Gasteiger partial charge on any atom is 0.249 e. The third-order valence-electron chi connectivity index (χ3n) is 4.92. The molecule has 2 fully saturated rings. The number of aromatic nitrogens is 2. The molecule has 0 aromatic carbocycles. The molecule has 0 bridgehead atoms. The Hall–Kier alpha value is -0.750. The second-order valence-corrected chi connectivity index (χ2v) is 6.48. The van der Waals surface area contributed by atoms with Crippen LogP contribution in [-0.2, 0) is 5.41 Å². The van der Waals surface area contributed by atoms with Gasteiger partial charge < -0.3 is 9.84 Å². The van der Waals surface area contributed by atoms with Crippen molar-refractivity contribution in [3.05, 3.63) is 11.7 Å². The number of nitrogens with zero attached hydrogens (tertiary/aromatic N) is 2. The Morgan fingerprint density at radius 1 is 1.24 bits per heavy atom. The van der Waals surface area contributed by atoms with E-state index in [0.717, 1.165) is 25.9 Å². The summed E-state index contributed by atoms with van der Waals surface area (Å²) in [5.74, 6) is -1.30. The van der Waals surface area contributed by atoms with Crippen molar-refractivity contribution in [3.63, 3.8) is 0 Å². The van der Waals surface area contributed by atoms with E-state index in [2.05, 4.69) is 29.3 Å². The highest BCUT2D eigenvalue weighted by Crippen LogP contribution is 2.48. The normalized spacial score (nSPS) is 24.4. The zero-order chi connectivity index (χ0) is 14.4. The Balaban J connectivity index is 0.00000161. The third-order valence-corrected chi connectivity index (χ3v) is 4.92. The molecule has 1 aliphatic heterocycles. The van der Waals surface area contributed by atoms with Crippen LogP contribution < -0.4 is 5.32 Å². The van der Waals surface area contributed by atoms with E-state index in [9.17, 15) is 8.78 Å². The van der Waals surface area contributed by atoms with E-state index in [4.69, 9.17) is 4.52 Å². The van der Waals surface area contributed by atoms with Gasteiger partial charge in [-0.15, -0.1) is 12.4 Å². The molecule has 0 radical (unpaired) electrons. The molecule has 0 unspecified atom stereocenters. The Labute approximate surface area is 129 Å². The number of halogens is 3. The van der Waals surface area contributed by atoms with E-state index in [0.29, 0.717) is 17.6 Å². The lowest BCUT2D eigenvalue weighted by Crippen LogP contribution is -2.43. The van der Waals surface area contributed by atoms with Gasteiger partial charge in [0, 0.05) is 18.8 Å². The lowest BCUT2D eigenvalue weighted by atomic mass is 9.70. The van der Waals surface area contributed by atoms with Crippen LogP contribution in [0.25, 0.3) is 0 Å². The van der Waals surface area contributed by atoms with Gasteiger partial charge in [-0.3, -0.25) is 0 Å². The molecule has 0 amide bonds. The minimum absolute atomic E-state index is 0.